The normalized spacial score (nSPS) is 21.5. The molecule has 2 heterocycles. The van der Waals surface area contributed by atoms with Crippen LogP contribution < -0.4 is 0 Å². The zero-order valence-corrected chi connectivity index (χ0v) is 20.0. The van der Waals surface area contributed by atoms with Crippen LogP contribution in [0.2, 0.25) is 0 Å². The Morgan fingerprint density at radius 2 is 1.19 bits per heavy atom. The average Bonchev–Trinajstić information content (AvgIpc) is 3.37. The number of hydrogen-bond donors (Lipinski definition) is 1. The summed E-state index contributed by atoms with van der Waals surface area (Å²) in [6.45, 7) is 0.975. The van der Waals surface area contributed by atoms with Gasteiger partial charge in [0.2, 0.25) is 0 Å². The standard InChI is InChI=1S/C28H31NOS2/c30-26(27-31-20-11-21-32-27)25-18-10-19-29(25)28(22-12-4-1-5-13-22,23-14-6-2-7-15-23)24-16-8-3-9-17-24/h1-9,12-17,25-27,30H,10-11,18-21H2/t25-,26-/m1/s1. The maximum Gasteiger partial charge on any atom is 0.0976 e. The fourth-order valence-corrected chi connectivity index (χ4v) is 8.47. The van der Waals surface area contributed by atoms with Gasteiger partial charge in [-0.2, -0.15) is 0 Å². The Morgan fingerprint density at radius 1 is 0.719 bits per heavy atom. The lowest BCUT2D eigenvalue weighted by Gasteiger charge is -2.48. The molecule has 1 N–H and O–H groups in total. The van der Waals surface area contributed by atoms with Crippen molar-refractivity contribution in [3.05, 3.63) is 108 Å². The molecule has 0 aromatic heterocycles. The van der Waals surface area contributed by atoms with Gasteiger partial charge in [-0.3, -0.25) is 4.90 Å². The molecule has 2 aliphatic rings. The molecule has 3 aromatic rings. The Bertz CT molecular complexity index is 879. The minimum atomic E-state index is -0.435. The van der Waals surface area contributed by atoms with Crippen molar-refractivity contribution in [1.29, 1.82) is 0 Å². The number of aliphatic hydroxyl groups is 1. The molecule has 166 valence electrons. The average molecular weight is 462 g/mol. The highest BCUT2D eigenvalue weighted by Gasteiger charge is 2.49. The summed E-state index contributed by atoms with van der Waals surface area (Å²) in [6.07, 6.45) is 3.04. The summed E-state index contributed by atoms with van der Waals surface area (Å²) in [6, 6.07) is 32.8. The fraction of sp³-hybridized carbons (Fsp3) is 0.357. The van der Waals surface area contributed by atoms with Gasteiger partial charge in [0.05, 0.1) is 16.2 Å². The fourth-order valence-electron chi connectivity index (χ4n) is 5.48. The largest absolute Gasteiger partial charge is 0.389 e. The highest BCUT2D eigenvalue weighted by atomic mass is 32.2. The van der Waals surface area contributed by atoms with Crippen LogP contribution in [-0.2, 0) is 5.54 Å². The van der Waals surface area contributed by atoms with Crippen LogP contribution in [0.15, 0.2) is 91.0 Å². The molecule has 0 spiro atoms. The maximum absolute atomic E-state index is 11.7. The third-order valence-electron chi connectivity index (χ3n) is 6.83. The van der Waals surface area contributed by atoms with E-state index in [4.69, 9.17) is 0 Å². The van der Waals surface area contributed by atoms with Crippen LogP contribution in [0, 0.1) is 0 Å². The van der Waals surface area contributed by atoms with Crippen LogP contribution in [-0.4, -0.2) is 44.8 Å². The first-order chi connectivity index (χ1) is 15.8. The first-order valence-electron chi connectivity index (χ1n) is 11.7. The summed E-state index contributed by atoms with van der Waals surface area (Å²) in [5, 5.41) is 11.7. The Morgan fingerprint density at radius 3 is 1.66 bits per heavy atom. The van der Waals surface area contributed by atoms with Gasteiger partial charge in [0.1, 0.15) is 0 Å². The SMILES string of the molecule is O[C@@H](C1SCCCS1)[C@H]1CCCN1C(c1ccccc1)(c1ccccc1)c1ccccc1. The van der Waals surface area contributed by atoms with Crippen LogP contribution in [0.4, 0.5) is 0 Å². The molecule has 0 unspecified atom stereocenters. The third-order valence-corrected chi connectivity index (χ3v) is 9.91. The van der Waals surface area contributed by atoms with Gasteiger partial charge in [-0.1, -0.05) is 91.0 Å². The summed E-state index contributed by atoms with van der Waals surface area (Å²) >= 11 is 3.89. The summed E-state index contributed by atoms with van der Waals surface area (Å²) in [7, 11) is 0. The van der Waals surface area contributed by atoms with Crippen LogP contribution in [0.25, 0.3) is 0 Å². The third kappa shape index (κ3) is 4.03. The topological polar surface area (TPSA) is 23.5 Å². The Balaban J connectivity index is 1.69. The highest BCUT2D eigenvalue weighted by Crippen LogP contribution is 2.48. The molecule has 0 radical (unpaired) electrons. The van der Waals surface area contributed by atoms with E-state index in [0.29, 0.717) is 0 Å². The molecule has 2 atom stereocenters. The summed E-state index contributed by atoms with van der Waals surface area (Å²) in [4.78, 5) is 2.62. The van der Waals surface area contributed by atoms with Gasteiger partial charge in [-0.25, -0.2) is 0 Å². The number of benzene rings is 3. The molecule has 32 heavy (non-hydrogen) atoms. The zero-order valence-electron chi connectivity index (χ0n) is 18.3. The second-order valence-electron chi connectivity index (χ2n) is 8.67. The van der Waals surface area contributed by atoms with Crippen LogP contribution >= 0.6 is 23.5 Å². The van der Waals surface area contributed by atoms with Gasteiger partial charge in [0.25, 0.3) is 0 Å². The Labute approximate surface area is 200 Å². The van der Waals surface area contributed by atoms with E-state index in [0.717, 1.165) is 30.9 Å². The van der Waals surface area contributed by atoms with Crippen molar-refractivity contribution >= 4 is 23.5 Å². The van der Waals surface area contributed by atoms with Crippen molar-refractivity contribution in [3.63, 3.8) is 0 Å². The van der Waals surface area contributed by atoms with Gasteiger partial charge in [-0.15, -0.1) is 23.5 Å². The van der Waals surface area contributed by atoms with Crippen molar-refractivity contribution in [3.8, 4) is 0 Å². The lowest BCUT2D eigenvalue weighted by atomic mass is 9.75. The monoisotopic (exact) mass is 461 g/mol. The zero-order chi connectivity index (χ0) is 21.8. The predicted octanol–water partition coefficient (Wildman–Crippen LogP) is 6.00. The molecule has 4 heteroatoms. The second kappa shape index (κ2) is 10.0. The number of nitrogens with zero attached hydrogens (tertiary/aromatic N) is 1. The quantitative estimate of drug-likeness (QED) is 0.455. The molecule has 0 amide bonds. The van der Waals surface area contributed by atoms with Crippen molar-refractivity contribution < 1.29 is 5.11 Å². The molecule has 5 rings (SSSR count). The van der Waals surface area contributed by atoms with Crippen molar-refractivity contribution in [1.82, 2.24) is 4.90 Å². The van der Waals surface area contributed by atoms with Gasteiger partial charge in [0, 0.05) is 12.6 Å². The maximum atomic E-state index is 11.7. The molecule has 3 aromatic carbocycles. The lowest BCUT2D eigenvalue weighted by molar-refractivity contribution is 0.0421. The van der Waals surface area contributed by atoms with E-state index in [1.54, 1.807) is 0 Å². The smallest absolute Gasteiger partial charge is 0.0976 e. The van der Waals surface area contributed by atoms with E-state index in [-0.39, 0.29) is 16.7 Å². The predicted molar refractivity (Wildman–Crippen MR) is 138 cm³/mol. The molecular formula is C28H31NOS2. The molecule has 2 aliphatic heterocycles. The van der Waals surface area contributed by atoms with Crippen LogP contribution in [0.3, 0.4) is 0 Å². The number of rotatable bonds is 6. The number of thioether (sulfide) groups is 2. The van der Waals surface area contributed by atoms with E-state index in [1.807, 2.05) is 23.5 Å². The summed E-state index contributed by atoms with van der Waals surface area (Å²) < 4.78 is 0.259. The summed E-state index contributed by atoms with van der Waals surface area (Å²) in [5.74, 6) is 2.31. The Hall–Kier alpha value is -1.72. The van der Waals surface area contributed by atoms with Gasteiger partial charge >= 0.3 is 0 Å². The van der Waals surface area contributed by atoms with Crippen molar-refractivity contribution in [2.45, 2.75) is 41.5 Å². The first-order valence-corrected chi connectivity index (χ1v) is 13.8. The minimum absolute atomic E-state index is 0.124. The number of hydrogen-bond acceptors (Lipinski definition) is 4. The number of aliphatic hydroxyl groups excluding tert-OH is 1. The van der Waals surface area contributed by atoms with Gasteiger partial charge in [-0.05, 0) is 47.5 Å². The van der Waals surface area contributed by atoms with E-state index in [2.05, 4.69) is 95.9 Å². The first kappa shape index (κ1) is 22.1. The van der Waals surface area contributed by atoms with Crippen molar-refractivity contribution in [2.24, 2.45) is 0 Å². The van der Waals surface area contributed by atoms with Crippen LogP contribution in [0.1, 0.15) is 36.0 Å². The molecule has 2 saturated heterocycles. The van der Waals surface area contributed by atoms with E-state index < -0.39 is 5.54 Å². The molecule has 2 nitrogen and oxygen atoms in total. The molecule has 2 fully saturated rings. The Kier molecular flexibility index (Phi) is 6.94. The molecule has 0 aliphatic carbocycles. The molecular weight excluding hydrogens is 430 g/mol. The van der Waals surface area contributed by atoms with Gasteiger partial charge < -0.3 is 5.11 Å². The highest BCUT2D eigenvalue weighted by molar-refractivity contribution is 8.17. The van der Waals surface area contributed by atoms with E-state index in [1.165, 1.54) is 23.1 Å². The molecule has 0 saturated carbocycles. The van der Waals surface area contributed by atoms with E-state index in [9.17, 15) is 5.11 Å². The van der Waals surface area contributed by atoms with Gasteiger partial charge in [0.15, 0.2) is 0 Å². The number of likely N-dealkylation sites (tertiary alicyclic amines) is 1. The van der Waals surface area contributed by atoms with Crippen molar-refractivity contribution in [2.75, 3.05) is 18.1 Å². The van der Waals surface area contributed by atoms with Crippen LogP contribution in [0.5, 0.6) is 0 Å². The lowest BCUT2D eigenvalue weighted by Crippen LogP contribution is -2.55. The summed E-state index contributed by atoms with van der Waals surface area (Å²) in [5.41, 5.74) is 3.36. The van der Waals surface area contributed by atoms with E-state index >= 15 is 0 Å². The molecule has 0 bridgehead atoms. The minimum Gasteiger partial charge on any atom is -0.389 e. The second-order valence-corrected chi connectivity index (χ2v) is 11.5.